The summed E-state index contributed by atoms with van der Waals surface area (Å²) in [5.74, 6) is -1.09. The van der Waals surface area contributed by atoms with Gasteiger partial charge in [-0.25, -0.2) is 0 Å². The molecule has 2 N–H and O–H groups in total. The first-order valence-corrected chi connectivity index (χ1v) is 8.92. The molecule has 0 saturated carbocycles. The number of carbonyl (C=O) groups is 2. The van der Waals surface area contributed by atoms with E-state index in [0.29, 0.717) is 6.42 Å². The van der Waals surface area contributed by atoms with E-state index in [9.17, 15) is 19.8 Å². The van der Waals surface area contributed by atoms with E-state index in [4.69, 9.17) is 18.9 Å². The zero-order valence-corrected chi connectivity index (χ0v) is 15.4. The Hall–Kier alpha value is -2.00. The van der Waals surface area contributed by atoms with Crippen molar-refractivity contribution >= 4 is 11.9 Å². The molecule has 1 aromatic rings. The molecule has 1 heterocycles. The first kappa shape index (κ1) is 21.3. The molecule has 0 unspecified atom stereocenters. The van der Waals surface area contributed by atoms with Crippen molar-refractivity contribution in [3.05, 3.63) is 35.9 Å². The second-order valence-corrected chi connectivity index (χ2v) is 6.33. The average Bonchev–Trinajstić information content (AvgIpc) is 2.64. The van der Waals surface area contributed by atoms with Crippen LogP contribution in [0.25, 0.3) is 0 Å². The molecule has 8 nitrogen and oxygen atoms in total. The van der Waals surface area contributed by atoms with Crippen LogP contribution in [-0.4, -0.2) is 59.5 Å². The summed E-state index contributed by atoms with van der Waals surface area (Å²) in [6, 6.07) is 9.25. The molecule has 1 aliphatic rings. The maximum atomic E-state index is 11.8. The first-order valence-electron chi connectivity index (χ1n) is 8.92. The Balaban J connectivity index is 2.08. The minimum absolute atomic E-state index is 0.147. The summed E-state index contributed by atoms with van der Waals surface area (Å²) >= 11 is 0. The minimum atomic E-state index is -1.39. The summed E-state index contributed by atoms with van der Waals surface area (Å²) in [6.45, 7) is 2.93. The van der Waals surface area contributed by atoms with Gasteiger partial charge in [0.2, 0.25) is 0 Å². The number of carbonyl (C=O) groups excluding carboxylic acids is 2. The van der Waals surface area contributed by atoms with Gasteiger partial charge in [-0.3, -0.25) is 9.59 Å². The van der Waals surface area contributed by atoms with Crippen LogP contribution in [0.2, 0.25) is 0 Å². The van der Waals surface area contributed by atoms with Crippen molar-refractivity contribution in [2.45, 2.75) is 64.0 Å². The molecule has 0 bridgehead atoms. The molecule has 2 rings (SSSR count). The average molecular weight is 382 g/mol. The number of hydrogen-bond donors (Lipinski definition) is 2. The third-order valence-electron chi connectivity index (χ3n) is 4.07. The van der Waals surface area contributed by atoms with Gasteiger partial charge >= 0.3 is 11.9 Å². The fourth-order valence-electron chi connectivity index (χ4n) is 2.68. The van der Waals surface area contributed by atoms with Gasteiger partial charge in [0.05, 0.1) is 6.61 Å². The van der Waals surface area contributed by atoms with Crippen molar-refractivity contribution in [2.24, 2.45) is 0 Å². The maximum Gasteiger partial charge on any atom is 0.306 e. The smallest absolute Gasteiger partial charge is 0.306 e. The number of esters is 2. The van der Waals surface area contributed by atoms with Crippen LogP contribution in [0.3, 0.4) is 0 Å². The van der Waals surface area contributed by atoms with Gasteiger partial charge < -0.3 is 29.2 Å². The largest absolute Gasteiger partial charge is 0.463 e. The number of hydrogen-bond acceptors (Lipinski definition) is 8. The molecular weight excluding hydrogens is 356 g/mol. The lowest BCUT2D eigenvalue weighted by Crippen LogP contribution is -2.60. The second kappa shape index (κ2) is 10.4. The predicted molar refractivity (Wildman–Crippen MR) is 93.3 cm³/mol. The monoisotopic (exact) mass is 382 g/mol. The minimum Gasteiger partial charge on any atom is -0.463 e. The summed E-state index contributed by atoms with van der Waals surface area (Å²) in [7, 11) is 0. The van der Waals surface area contributed by atoms with Crippen LogP contribution in [-0.2, 0) is 35.1 Å². The summed E-state index contributed by atoms with van der Waals surface area (Å²) in [6.07, 6.45) is -5.44. The standard InChI is InChI=1S/C19H26O8/c1-3-7-15(21)27-18-16(22)14(11-24-12(2)20)26-19(17(18)23)25-10-13-8-5-4-6-9-13/h4-6,8-9,14,16-19,22-23H,3,7,10-11H2,1-2H3/t14-,16-,17+,18+,19+/m1/s1. The summed E-state index contributed by atoms with van der Waals surface area (Å²) in [5, 5.41) is 20.9. The van der Waals surface area contributed by atoms with Crippen molar-refractivity contribution in [3.63, 3.8) is 0 Å². The quantitative estimate of drug-likeness (QED) is 0.639. The van der Waals surface area contributed by atoms with E-state index < -0.39 is 42.6 Å². The highest BCUT2D eigenvalue weighted by Crippen LogP contribution is 2.26. The van der Waals surface area contributed by atoms with Crippen molar-refractivity contribution in [1.82, 2.24) is 0 Å². The third kappa shape index (κ3) is 6.28. The molecule has 0 spiro atoms. The molecule has 5 atom stereocenters. The van der Waals surface area contributed by atoms with E-state index in [1.165, 1.54) is 6.92 Å². The number of benzene rings is 1. The lowest BCUT2D eigenvalue weighted by Gasteiger charge is -2.41. The van der Waals surface area contributed by atoms with Crippen LogP contribution in [0, 0.1) is 0 Å². The first-order chi connectivity index (χ1) is 12.9. The van der Waals surface area contributed by atoms with Crippen molar-refractivity contribution < 1.29 is 38.7 Å². The zero-order valence-electron chi connectivity index (χ0n) is 15.4. The molecule has 0 radical (unpaired) electrons. The molecule has 1 aromatic carbocycles. The summed E-state index contributed by atoms with van der Waals surface area (Å²) in [5.41, 5.74) is 0.857. The van der Waals surface area contributed by atoms with Crippen LogP contribution in [0.15, 0.2) is 30.3 Å². The molecule has 150 valence electrons. The van der Waals surface area contributed by atoms with Gasteiger partial charge in [0.1, 0.15) is 24.9 Å². The normalized spacial score (nSPS) is 27.8. The van der Waals surface area contributed by atoms with Gasteiger partial charge in [-0.1, -0.05) is 37.3 Å². The topological polar surface area (TPSA) is 112 Å². The molecule has 0 aromatic heterocycles. The van der Waals surface area contributed by atoms with E-state index in [0.717, 1.165) is 5.56 Å². The Bertz CT molecular complexity index is 605. The van der Waals surface area contributed by atoms with E-state index in [1.807, 2.05) is 37.3 Å². The van der Waals surface area contributed by atoms with Crippen LogP contribution in [0.5, 0.6) is 0 Å². The number of rotatable bonds is 8. The number of aliphatic hydroxyl groups excluding tert-OH is 2. The fourth-order valence-corrected chi connectivity index (χ4v) is 2.68. The fraction of sp³-hybridized carbons (Fsp3) is 0.579. The Labute approximate surface area is 158 Å². The van der Waals surface area contributed by atoms with Crippen molar-refractivity contribution in [1.29, 1.82) is 0 Å². The van der Waals surface area contributed by atoms with Gasteiger partial charge in [-0.2, -0.15) is 0 Å². The molecular formula is C19H26O8. The third-order valence-corrected chi connectivity index (χ3v) is 4.07. The molecule has 1 fully saturated rings. The lowest BCUT2D eigenvalue weighted by molar-refractivity contribution is -0.306. The van der Waals surface area contributed by atoms with Crippen molar-refractivity contribution in [2.75, 3.05) is 6.61 Å². The van der Waals surface area contributed by atoms with E-state index in [1.54, 1.807) is 0 Å². The Morgan fingerprint density at radius 1 is 1.15 bits per heavy atom. The SMILES string of the molecule is CCCC(=O)O[C@@H]1[C@H](O)[C@@H](OCc2ccccc2)O[C@H](COC(C)=O)[C@H]1O. The molecule has 8 heteroatoms. The highest BCUT2D eigenvalue weighted by atomic mass is 16.7. The van der Waals surface area contributed by atoms with E-state index in [-0.39, 0.29) is 19.6 Å². The summed E-state index contributed by atoms with van der Waals surface area (Å²) < 4.78 is 21.3. The van der Waals surface area contributed by atoms with Crippen molar-refractivity contribution in [3.8, 4) is 0 Å². The van der Waals surface area contributed by atoms with Crippen LogP contribution < -0.4 is 0 Å². The van der Waals surface area contributed by atoms with Gasteiger partial charge in [0.15, 0.2) is 12.4 Å². The van der Waals surface area contributed by atoms with Gasteiger partial charge in [0, 0.05) is 13.3 Å². The Kier molecular flexibility index (Phi) is 8.18. The highest BCUT2D eigenvalue weighted by molar-refractivity contribution is 5.69. The van der Waals surface area contributed by atoms with Crippen LogP contribution in [0.1, 0.15) is 32.3 Å². The molecule has 27 heavy (non-hydrogen) atoms. The summed E-state index contributed by atoms with van der Waals surface area (Å²) in [4.78, 5) is 22.9. The van der Waals surface area contributed by atoms with Gasteiger partial charge in [-0.15, -0.1) is 0 Å². The van der Waals surface area contributed by atoms with Gasteiger partial charge in [0.25, 0.3) is 0 Å². The van der Waals surface area contributed by atoms with Crippen LogP contribution in [0.4, 0.5) is 0 Å². The zero-order chi connectivity index (χ0) is 19.8. The van der Waals surface area contributed by atoms with Gasteiger partial charge in [-0.05, 0) is 12.0 Å². The number of ether oxygens (including phenoxy) is 4. The highest BCUT2D eigenvalue weighted by Gasteiger charge is 2.47. The molecule has 0 amide bonds. The van der Waals surface area contributed by atoms with Crippen LogP contribution >= 0.6 is 0 Å². The number of aliphatic hydroxyl groups is 2. The predicted octanol–water partition coefficient (Wildman–Crippen LogP) is 0.925. The molecule has 1 saturated heterocycles. The van der Waals surface area contributed by atoms with E-state index >= 15 is 0 Å². The molecule has 1 aliphatic heterocycles. The lowest BCUT2D eigenvalue weighted by atomic mass is 9.99. The van der Waals surface area contributed by atoms with E-state index in [2.05, 4.69) is 0 Å². The Morgan fingerprint density at radius 3 is 2.48 bits per heavy atom. The second-order valence-electron chi connectivity index (χ2n) is 6.33. The maximum absolute atomic E-state index is 11.8. The Morgan fingerprint density at radius 2 is 1.85 bits per heavy atom. The molecule has 0 aliphatic carbocycles.